The average molecular weight is 471 g/mol. The summed E-state index contributed by atoms with van der Waals surface area (Å²) < 4.78 is 7.84. The molecule has 0 N–H and O–H groups in total. The first-order valence-electron chi connectivity index (χ1n) is 10.9. The fourth-order valence-electron chi connectivity index (χ4n) is 3.93. The lowest BCUT2D eigenvalue weighted by atomic mass is 9.94. The zero-order valence-electron chi connectivity index (χ0n) is 18.1. The first kappa shape index (κ1) is 22.7. The summed E-state index contributed by atoms with van der Waals surface area (Å²) in [5.74, 6) is 1.68. The highest BCUT2D eigenvalue weighted by Crippen LogP contribution is 2.27. The molecule has 0 unspecified atom stereocenters. The molecule has 1 aliphatic carbocycles. The first-order valence-corrected chi connectivity index (χ1v) is 12.3. The van der Waals surface area contributed by atoms with Crippen molar-refractivity contribution in [1.29, 1.82) is 0 Å². The molecule has 168 valence electrons. The Bertz CT molecular complexity index is 1040. The number of carbonyl (C=O) groups excluding carboxylic acids is 1. The summed E-state index contributed by atoms with van der Waals surface area (Å²) in [6.45, 7) is 0.210. The molecule has 3 aromatic rings. The van der Waals surface area contributed by atoms with Crippen molar-refractivity contribution in [2.75, 3.05) is 12.8 Å². The second-order valence-corrected chi connectivity index (χ2v) is 9.22. The number of aromatic nitrogens is 3. The van der Waals surface area contributed by atoms with Gasteiger partial charge in [-0.25, -0.2) is 0 Å². The van der Waals surface area contributed by atoms with Gasteiger partial charge in [-0.1, -0.05) is 73.0 Å². The zero-order chi connectivity index (χ0) is 22.3. The molecule has 0 aliphatic heterocycles. The standard InChI is InChI=1S/C24H27ClN4O2S/c1-28(18-10-4-2-5-11-18)23(30)17-32-24-27-26-22(29(24)19-12-6-3-7-13-19)16-31-21-15-9-8-14-20(21)25/h3,6-9,12-15,18H,2,4-5,10-11,16-17H2,1H3. The Kier molecular flexibility index (Phi) is 7.71. The molecule has 0 spiro atoms. The van der Waals surface area contributed by atoms with Gasteiger partial charge in [-0.2, -0.15) is 0 Å². The van der Waals surface area contributed by atoms with E-state index in [-0.39, 0.29) is 12.5 Å². The molecule has 1 fully saturated rings. The lowest BCUT2D eigenvalue weighted by molar-refractivity contribution is -0.129. The minimum absolute atomic E-state index is 0.123. The average Bonchev–Trinajstić information content (AvgIpc) is 3.25. The van der Waals surface area contributed by atoms with E-state index in [1.807, 2.05) is 65.0 Å². The molecule has 0 saturated heterocycles. The van der Waals surface area contributed by atoms with Crippen LogP contribution in [0, 0.1) is 0 Å². The molecular weight excluding hydrogens is 444 g/mol. The van der Waals surface area contributed by atoms with Gasteiger partial charge in [0.15, 0.2) is 11.0 Å². The Labute approximate surface area is 197 Å². The molecule has 1 heterocycles. The summed E-state index contributed by atoms with van der Waals surface area (Å²) in [5.41, 5.74) is 0.922. The minimum atomic E-state index is 0.123. The minimum Gasteiger partial charge on any atom is -0.484 e. The van der Waals surface area contributed by atoms with Gasteiger partial charge in [0.05, 0.1) is 10.8 Å². The second-order valence-electron chi connectivity index (χ2n) is 7.87. The quantitative estimate of drug-likeness (QED) is 0.413. The lowest BCUT2D eigenvalue weighted by Gasteiger charge is -2.31. The predicted molar refractivity (Wildman–Crippen MR) is 128 cm³/mol. The van der Waals surface area contributed by atoms with Crippen LogP contribution in [0.5, 0.6) is 5.75 Å². The van der Waals surface area contributed by atoms with E-state index < -0.39 is 0 Å². The fraction of sp³-hybridized carbons (Fsp3) is 0.375. The molecular formula is C24H27ClN4O2S. The maximum Gasteiger partial charge on any atom is 0.233 e. The van der Waals surface area contributed by atoms with Crippen LogP contribution in [0.4, 0.5) is 0 Å². The predicted octanol–water partition coefficient (Wildman–Crippen LogP) is 5.38. The van der Waals surface area contributed by atoms with Gasteiger partial charge >= 0.3 is 0 Å². The number of rotatable bonds is 8. The molecule has 0 radical (unpaired) electrons. The molecule has 1 aliphatic rings. The van der Waals surface area contributed by atoms with Gasteiger partial charge in [-0.05, 0) is 37.1 Å². The number of hydrogen-bond donors (Lipinski definition) is 0. The van der Waals surface area contributed by atoms with Gasteiger partial charge < -0.3 is 9.64 Å². The Morgan fingerprint density at radius 2 is 1.81 bits per heavy atom. The van der Waals surface area contributed by atoms with Gasteiger partial charge in [0.25, 0.3) is 0 Å². The third-order valence-electron chi connectivity index (χ3n) is 5.75. The maximum absolute atomic E-state index is 12.8. The number of hydrogen-bond acceptors (Lipinski definition) is 5. The van der Waals surface area contributed by atoms with Gasteiger partial charge in [0, 0.05) is 18.8 Å². The van der Waals surface area contributed by atoms with E-state index in [9.17, 15) is 4.79 Å². The van der Waals surface area contributed by atoms with E-state index in [4.69, 9.17) is 16.3 Å². The van der Waals surface area contributed by atoms with Crippen LogP contribution in [0.15, 0.2) is 59.8 Å². The van der Waals surface area contributed by atoms with Gasteiger partial charge in [-0.3, -0.25) is 9.36 Å². The Hall–Kier alpha value is -2.51. The van der Waals surface area contributed by atoms with Crippen LogP contribution in [0.3, 0.4) is 0 Å². The van der Waals surface area contributed by atoms with E-state index in [2.05, 4.69) is 10.2 Å². The summed E-state index contributed by atoms with van der Waals surface area (Å²) in [7, 11) is 1.92. The largest absolute Gasteiger partial charge is 0.484 e. The summed E-state index contributed by atoms with van der Waals surface area (Å²) in [6, 6.07) is 17.6. The monoisotopic (exact) mass is 470 g/mol. The van der Waals surface area contributed by atoms with Crippen LogP contribution < -0.4 is 4.74 Å². The Morgan fingerprint density at radius 3 is 2.56 bits per heavy atom. The lowest BCUT2D eigenvalue weighted by Crippen LogP contribution is -2.39. The topological polar surface area (TPSA) is 60.3 Å². The van der Waals surface area contributed by atoms with Crippen molar-refractivity contribution in [1.82, 2.24) is 19.7 Å². The van der Waals surface area contributed by atoms with E-state index in [0.29, 0.717) is 33.5 Å². The van der Waals surface area contributed by atoms with Crippen LogP contribution in [-0.4, -0.2) is 44.4 Å². The van der Waals surface area contributed by atoms with Crippen LogP contribution in [0.25, 0.3) is 5.69 Å². The summed E-state index contributed by atoms with van der Waals surface area (Å²) in [4.78, 5) is 14.7. The smallest absolute Gasteiger partial charge is 0.233 e. The number of benzene rings is 2. The number of nitrogens with zero attached hydrogens (tertiary/aromatic N) is 4. The van der Waals surface area contributed by atoms with E-state index in [0.717, 1.165) is 18.5 Å². The molecule has 4 rings (SSSR count). The SMILES string of the molecule is CN(C(=O)CSc1nnc(COc2ccccc2Cl)n1-c1ccccc1)C1CCCCC1. The molecule has 1 saturated carbocycles. The third kappa shape index (κ3) is 5.45. The second kappa shape index (κ2) is 10.9. The molecule has 0 atom stereocenters. The number of amides is 1. The summed E-state index contributed by atoms with van der Waals surface area (Å²) in [5, 5.41) is 9.92. The summed E-state index contributed by atoms with van der Waals surface area (Å²) in [6.07, 6.45) is 5.86. The molecule has 1 aromatic heterocycles. The number of carbonyl (C=O) groups is 1. The zero-order valence-corrected chi connectivity index (χ0v) is 19.7. The van der Waals surface area contributed by atoms with Crippen LogP contribution in [0.1, 0.15) is 37.9 Å². The fourth-order valence-corrected chi connectivity index (χ4v) is 5.01. The molecule has 1 amide bonds. The molecule has 0 bridgehead atoms. The molecule has 6 nitrogen and oxygen atoms in total. The molecule has 32 heavy (non-hydrogen) atoms. The third-order valence-corrected chi connectivity index (χ3v) is 6.97. The van der Waals surface area contributed by atoms with Crippen molar-refractivity contribution in [3.8, 4) is 11.4 Å². The van der Waals surface area contributed by atoms with Crippen molar-refractivity contribution in [2.45, 2.75) is 49.9 Å². The van der Waals surface area contributed by atoms with Gasteiger partial charge in [0.1, 0.15) is 12.4 Å². The number of para-hydroxylation sites is 2. The Morgan fingerprint density at radius 1 is 1.09 bits per heavy atom. The van der Waals surface area contributed by atoms with Crippen molar-refractivity contribution in [2.24, 2.45) is 0 Å². The molecule has 2 aromatic carbocycles. The normalized spacial score (nSPS) is 14.3. The van der Waals surface area contributed by atoms with Crippen molar-refractivity contribution < 1.29 is 9.53 Å². The van der Waals surface area contributed by atoms with Crippen molar-refractivity contribution in [3.05, 3.63) is 65.4 Å². The van der Waals surface area contributed by atoms with E-state index >= 15 is 0 Å². The van der Waals surface area contributed by atoms with Crippen molar-refractivity contribution in [3.63, 3.8) is 0 Å². The van der Waals surface area contributed by atoms with Crippen molar-refractivity contribution >= 4 is 29.3 Å². The van der Waals surface area contributed by atoms with Crippen LogP contribution >= 0.6 is 23.4 Å². The maximum atomic E-state index is 12.8. The highest BCUT2D eigenvalue weighted by molar-refractivity contribution is 7.99. The Balaban J connectivity index is 1.49. The number of ether oxygens (including phenoxy) is 1. The van der Waals surface area contributed by atoms with Gasteiger partial charge in [0.2, 0.25) is 5.91 Å². The number of thioether (sulfide) groups is 1. The van der Waals surface area contributed by atoms with Crippen LogP contribution in [-0.2, 0) is 11.4 Å². The van der Waals surface area contributed by atoms with Crippen LogP contribution in [0.2, 0.25) is 5.02 Å². The number of halogens is 1. The van der Waals surface area contributed by atoms with E-state index in [1.54, 1.807) is 6.07 Å². The first-order chi connectivity index (χ1) is 15.6. The van der Waals surface area contributed by atoms with Gasteiger partial charge in [-0.15, -0.1) is 10.2 Å². The molecule has 8 heteroatoms. The summed E-state index contributed by atoms with van der Waals surface area (Å²) >= 11 is 7.62. The highest BCUT2D eigenvalue weighted by Gasteiger charge is 2.23. The van der Waals surface area contributed by atoms with E-state index in [1.165, 1.54) is 31.0 Å². The highest BCUT2D eigenvalue weighted by atomic mass is 35.5.